The number of rotatable bonds is 2. The number of carbonyl (C=O) groups is 2. The second-order valence-corrected chi connectivity index (χ2v) is 18.2. The lowest BCUT2D eigenvalue weighted by Crippen LogP contribution is -2.66. The Morgan fingerprint density at radius 2 is 1.55 bits per heavy atom. The van der Waals surface area contributed by atoms with Gasteiger partial charge in [-0.1, -0.05) is 96.5 Å². The number of allylic oxidation sites excluding steroid dienone is 2. The molecule has 3 aromatic rings. The molecule has 3 fully saturated rings. The fraction of sp³-hybridized carbons (Fsp3) is 0.568. The van der Waals surface area contributed by atoms with Crippen LogP contribution in [0.3, 0.4) is 0 Å². The smallest absolute Gasteiger partial charge is 0.269 e. The standard InChI is InChI=1S/C44H55N3O2/c1-27-19-22-44(39(49)47-46-38(48)29-13-9-8-10-14-29)24-23-42(6)32(36(44)28(27)2)17-18-35-41(5)26-31-25-30-15-11-12-16-33(30)45-37(31)40(3,4)34(41)20-21-43(35,42)7/h8-17,25,27-28,34-36H,18-24,26H2,1-7H3,(H,46,48)(H,47,49)/t27-,28+,34+,35-,36+,41+,42-,43-,44+/m1/s1. The Labute approximate surface area is 293 Å². The highest BCUT2D eigenvalue weighted by molar-refractivity contribution is 5.96. The minimum Gasteiger partial charge on any atom is -0.273 e. The second-order valence-electron chi connectivity index (χ2n) is 18.2. The molecule has 5 aliphatic rings. The highest BCUT2D eigenvalue weighted by atomic mass is 16.2. The molecular formula is C44H55N3O2. The summed E-state index contributed by atoms with van der Waals surface area (Å²) in [6, 6.07) is 20.2. The highest BCUT2D eigenvalue weighted by Gasteiger charge is 2.69. The maximum absolute atomic E-state index is 14.4. The lowest BCUT2D eigenvalue weighted by Gasteiger charge is -2.71. The van der Waals surface area contributed by atoms with E-state index in [4.69, 9.17) is 4.98 Å². The Bertz CT molecular complexity index is 1860. The summed E-state index contributed by atoms with van der Waals surface area (Å²) in [6.07, 6.45) is 11.0. The fourth-order valence-electron chi connectivity index (χ4n) is 13.0. The first-order valence-electron chi connectivity index (χ1n) is 19.0. The number of nitrogens with one attached hydrogen (secondary N) is 2. The molecule has 5 nitrogen and oxygen atoms in total. The molecule has 1 aromatic heterocycles. The zero-order valence-corrected chi connectivity index (χ0v) is 30.7. The van der Waals surface area contributed by atoms with Crippen LogP contribution in [-0.2, 0) is 16.6 Å². The lowest BCUT2D eigenvalue weighted by molar-refractivity contribution is -0.170. The normalized spacial score (nSPS) is 38.8. The molecule has 49 heavy (non-hydrogen) atoms. The first kappa shape index (κ1) is 32.7. The van der Waals surface area contributed by atoms with Crippen LogP contribution >= 0.6 is 0 Å². The van der Waals surface area contributed by atoms with Crippen molar-refractivity contribution in [3.8, 4) is 0 Å². The van der Waals surface area contributed by atoms with Gasteiger partial charge < -0.3 is 0 Å². The van der Waals surface area contributed by atoms with E-state index in [1.54, 1.807) is 17.7 Å². The van der Waals surface area contributed by atoms with Gasteiger partial charge in [0.2, 0.25) is 5.91 Å². The molecular weight excluding hydrogens is 603 g/mol. The second kappa shape index (κ2) is 11.0. The van der Waals surface area contributed by atoms with Gasteiger partial charge in [0.05, 0.1) is 16.6 Å². The largest absolute Gasteiger partial charge is 0.273 e. The van der Waals surface area contributed by atoms with Gasteiger partial charge in [-0.3, -0.25) is 25.4 Å². The summed E-state index contributed by atoms with van der Waals surface area (Å²) in [5.41, 5.74) is 11.5. The zero-order chi connectivity index (χ0) is 34.6. The molecule has 2 aromatic carbocycles. The number of hydrazine groups is 1. The molecule has 8 rings (SSSR count). The average molecular weight is 658 g/mol. The molecule has 0 bridgehead atoms. The molecule has 0 spiro atoms. The number of aromatic nitrogens is 1. The third-order valence-electron chi connectivity index (χ3n) is 15.9. The van der Waals surface area contributed by atoms with E-state index in [1.165, 1.54) is 29.5 Å². The molecule has 0 aliphatic heterocycles. The Morgan fingerprint density at radius 1 is 0.816 bits per heavy atom. The van der Waals surface area contributed by atoms with Gasteiger partial charge in [-0.25, -0.2) is 0 Å². The Balaban J connectivity index is 1.16. The first-order chi connectivity index (χ1) is 23.3. The molecule has 5 heteroatoms. The fourth-order valence-corrected chi connectivity index (χ4v) is 13.0. The maximum atomic E-state index is 14.4. The number of hydrogen-bond donors (Lipinski definition) is 2. The van der Waals surface area contributed by atoms with Gasteiger partial charge in [-0.15, -0.1) is 0 Å². The van der Waals surface area contributed by atoms with E-state index in [2.05, 4.69) is 95.7 Å². The van der Waals surface area contributed by atoms with Gasteiger partial charge in [-0.05, 0) is 127 Å². The van der Waals surface area contributed by atoms with Crippen LogP contribution in [-0.4, -0.2) is 16.8 Å². The number of amides is 2. The van der Waals surface area contributed by atoms with Gasteiger partial charge >= 0.3 is 0 Å². The van der Waals surface area contributed by atoms with Crippen molar-refractivity contribution in [2.45, 2.75) is 105 Å². The van der Waals surface area contributed by atoms with Crippen molar-refractivity contribution in [2.24, 2.45) is 51.2 Å². The van der Waals surface area contributed by atoms with Crippen LogP contribution in [0.15, 0.2) is 72.3 Å². The maximum Gasteiger partial charge on any atom is 0.269 e. The van der Waals surface area contributed by atoms with E-state index >= 15 is 0 Å². The van der Waals surface area contributed by atoms with Gasteiger partial charge in [0.15, 0.2) is 0 Å². The van der Waals surface area contributed by atoms with Crippen molar-refractivity contribution in [2.75, 3.05) is 0 Å². The number of pyridine rings is 1. The van der Waals surface area contributed by atoms with Gasteiger partial charge in [0.1, 0.15) is 0 Å². The third kappa shape index (κ3) is 4.45. The van der Waals surface area contributed by atoms with Crippen LogP contribution in [0.1, 0.15) is 115 Å². The van der Waals surface area contributed by atoms with Crippen LogP contribution in [0.5, 0.6) is 0 Å². The summed E-state index contributed by atoms with van der Waals surface area (Å²) >= 11 is 0. The Morgan fingerprint density at radius 3 is 2.33 bits per heavy atom. The van der Waals surface area contributed by atoms with Crippen molar-refractivity contribution < 1.29 is 9.59 Å². The van der Waals surface area contributed by atoms with E-state index in [9.17, 15) is 9.59 Å². The van der Waals surface area contributed by atoms with Crippen molar-refractivity contribution in [1.82, 2.24) is 15.8 Å². The molecule has 5 aliphatic carbocycles. The average Bonchev–Trinajstić information content (AvgIpc) is 3.08. The Kier molecular flexibility index (Phi) is 7.35. The molecule has 258 valence electrons. The predicted octanol–water partition coefficient (Wildman–Crippen LogP) is 9.37. The van der Waals surface area contributed by atoms with Crippen LogP contribution in [0, 0.1) is 51.2 Å². The highest BCUT2D eigenvalue weighted by Crippen LogP contribution is 2.75. The van der Waals surface area contributed by atoms with E-state index < -0.39 is 5.41 Å². The molecule has 1 heterocycles. The van der Waals surface area contributed by atoms with Gasteiger partial charge in [0, 0.05) is 16.4 Å². The SMILES string of the molecule is C[C@H]1[C@H](C)CC[C@]2(C(=O)NNC(=O)c3ccccc3)CC[C@]3(C)C(=CC[C@@H]4[C@@]5(C)Cc6cc7ccccc7nc6C(C)(C)[C@@H]5CC[C@]43C)[C@H]12. The minimum absolute atomic E-state index is 0.00297. The van der Waals surface area contributed by atoms with Gasteiger partial charge in [-0.2, -0.15) is 0 Å². The monoisotopic (exact) mass is 657 g/mol. The quantitative estimate of drug-likeness (QED) is 0.213. The predicted molar refractivity (Wildman–Crippen MR) is 196 cm³/mol. The molecule has 3 saturated carbocycles. The summed E-state index contributed by atoms with van der Waals surface area (Å²) in [4.78, 5) is 32.8. The van der Waals surface area contributed by atoms with E-state index in [1.807, 2.05) is 18.2 Å². The summed E-state index contributed by atoms with van der Waals surface area (Å²) in [7, 11) is 0. The summed E-state index contributed by atoms with van der Waals surface area (Å²) in [5, 5.41) is 1.25. The summed E-state index contributed by atoms with van der Waals surface area (Å²) in [6.45, 7) is 17.6. The number of hydrogen-bond acceptors (Lipinski definition) is 3. The molecule has 0 saturated heterocycles. The van der Waals surface area contributed by atoms with E-state index in [0.29, 0.717) is 29.2 Å². The number of benzene rings is 2. The first-order valence-corrected chi connectivity index (χ1v) is 19.0. The molecule has 9 atom stereocenters. The number of carbonyl (C=O) groups excluding carboxylic acids is 2. The number of fused-ring (bicyclic) bond motifs is 9. The van der Waals surface area contributed by atoms with Crippen molar-refractivity contribution in [1.29, 1.82) is 0 Å². The molecule has 2 N–H and O–H groups in total. The topological polar surface area (TPSA) is 71.1 Å². The summed E-state index contributed by atoms with van der Waals surface area (Å²) in [5.74, 6) is 1.95. The molecule has 2 amide bonds. The minimum atomic E-state index is -0.510. The Hall–Kier alpha value is -3.47. The third-order valence-corrected chi connectivity index (χ3v) is 15.9. The molecule has 0 radical (unpaired) electrons. The zero-order valence-electron chi connectivity index (χ0n) is 30.7. The summed E-state index contributed by atoms with van der Waals surface area (Å²) < 4.78 is 0. The van der Waals surface area contributed by atoms with Crippen LogP contribution in [0.25, 0.3) is 10.9 Å². The lowest BCUT2D eigenvalue weighted by atomic mass is 9.33. The van der Waals surface area contributed by atoms with Crippen molar-refractivity contribution >= 4 is 22.7 Å². The molecule has 0 unspecified atom stereocenters. The van der Waals surface area contributed by atoms with Crippen LogP contribution in [0.2, 0.25) is 0 Å². The van der Waals surface area contributed by atoms with Crippen LogP contribution in [0.4, 0.5) is 0 Å². The van der Waals surface area contributed by atoms with E-state index in [-0.39, 0.29) is 39.4 Å². The van der Waals surface area contributed by atoms with Crippen molar-refractivity contribution in [3.63, 3.8) is 0 Å². The van der Waals surface area contributed by atoms with Gasteiger partial charge in [0.25, 0.3) is 5.91 Å². The van der Waals surface area contributed by atoms with Crippen molar-refractivity contribution in [3.05, 3.63) is 89.1 Å². The number of nitrogens with zero attached hydrogens (tertiary/aromatic N) is 1. The number of para-hydroxylation sites is 1. The van der Waals surface area contributed by atoms with E-state index in [0.717, 1.165) is 44.0 Å². The van der Waals surface area contributed by atoms with Crippen LogP contribution < -0.4 is 10.9 Å².